The number of benzene rings is 1. The number of fused-ring (bicyclic) bond motifs is 1. The van der Waals surface area contributed by atoms with Gasteiger partial charge in [-0.05, 0) is 31.4 Å². The van der Waals surface area contributed by atoms with Gasteiger partial charge in [0.05, 0.1) is 0 Å². The summed E-state index contributed by atoms with van der Waals surface area (Å²) in [4.78, 5) is 12.0. The van der Waals surface area contributed by atoms with Crippen LogP contribution in [0.3, 0.4) is 0 Å². The van der Waals surface area contributed by atoms with Gasteiger partial charge in [0, 0.05) is 29.2 Å². The summed E-state index contributed by atoms with van der Waals surface area (Å²) >= 11 is 0. The smallest absolute Gasteiger partial charge is 0.224 e. The molecule has 0 aromatic heterocycles. The van der Waals surface area contributed by atoms with Gasteiger partial charge in [0.1, 0.15) is 13.2 Å². The van der Waals surface area contributed by atoms with Crippen molar-refractivity contribution in [3.05, 3.63) is 18.2 Å². The SMILES string of the molecule is O=C(CCCC[C@@H]1CCSS1)Nc1ccc2c(c1)OCCO2. The first-order chi connectivity index (χ1) is 10.8. The first-order valence-corrected chi connectivity index (χ1v) is 10.2. The van der Waals surface area contributed by atoms with Crippen LogP contribution in [-0.4, -0.2) is 30.1 Å². The molecule has 1 amide bonds. The Bertz CT molecular complexity index is 518. The van der Waals surface area contributed by atoms with Crippen molar-refractivity contribution in [3.63, 3.8) is 0 Å². The number of ether oxygens (including phenoxy) is 2. The first kappa shape index (κ1) is 15.9. The molecule has 22 heavy (non-hydrogen) atoms. The van der Waals surface area contributed by atoms with Crippen LogP contribution >= 0.6 is 21.6 Å². The molecule has 1 aromatic carbocycles. The summed E-state index contributed by atoms with van der Waals surface area (Å²) in [7, 11) is 3.98. The van der Waals surface area contributed by atoms with Crippen molar-refractivity contribution >= 4 is 33.2 Å². The standard InChI is InChI=1S/C16H21NO3S2/c18-16(4-2-1-3-13-7-10-21-22-13)17-12-5-6-14-15(11-12)20-9-8-19-14/h5-6,11,13H,1-4,7-10H2,(H,17,18)/t13-/m1/s1. The lowest BCUT2D eigenvalue weighted by atomic mass is 10.1. The van der Waals surface area contributed by atoms with E-state index in [4.69, 9.17) is 9.47 Å². The van der Waals surface area contributed by atoms with Crippen LogP contribution in [0.1, 0.15) is 32.1 Å². The molecule has 0 radical (unpaired) electrons. The summed E-state index contributed by atoms with van der Waals surface area (Å²) in [5, 5.41) is 3.73. The lowest BCUT2D eigenvalue weighted by molar-refractivity contribution is -0.116. The molecule has 0 spiro atoms. The summed E-state index contributed by atoms with van der Waals surface area (Å²) < 4.78 is 11.0. The third-order valence-corrected chi connectivity index (χ3v) is 6.74. The molecule has 2 aliphatic heterocycles. The molecule has 2 heterocycles. The average Bonchev–Trinajstić information content (AvgIpc) is 3.05. The third kappa shape index (κ3) is 4.49. The quantitative estimate of drug-likeness (QED) is 0.624. The molecule has 0 bridgehead atoms. The number of carbonyl (C=O) groups excluding carboxylic acids is 1. The zero-order valence-electron chi connectivity index (χ0n) is 12.5. The number of rotatable bonds is 6. The highest BCUT2D eigenvalue weighted by Gasteiger charge is 2.16. The zero-order chi connectivity index (χ0) is 15.2. The van der Waals surface area contributed by atoms with Crippen LogP contribution in [0.15, 0.2) is 18.2 Å². The number of unbranched alkanes of at least 4 members (excludes halogenated alkanes) is 1. The van der Waals surface area contributed by atoms with Gasteiger partial charge >= 0.3 is 0 Å². The summed E-state index contributed by atoms with van der Waals surface area (Å²) in [6.45, 7) is 1.14. The Balaban J connectivity index is 1.39. The maximum Gasteiger partial charge on any atom is 0.224 e. The maximum atomic E-state index is 12.0. The van der Waals surface area contributed by atoms with Crippen molar-refractivity contribution < 1.29 is 14.3 Å². The highest BCUT2D eigenvalue weighted by atomic mass is 33.1. The molecule has 0 saturated carbocycles. The molecule has 1 atom stereocenters. The number of hydrogen-bond donors (Lipinski definition) is 1. The fourth-order valence-electron chi connectivity index (χ4n) is 2.57. The van der Waals surface area contributed by atoms with Gasteiger partial charge in [0.25, 0.3) is 0 Å². The van der Waals surface area contributed by atoms with Gasteiger partial charge in [-0.3, -0.25) is 4.79 Å². The normalized spacial score (nSPS) is 19.9. The van der Waals surface area contributed by atoms with Crippen molar-refractivity contribution in [2.24, 2.45) is 0 Å². The molecule has 1 N–H and O–H groups in total. The van der Waals surface area contributed by atoms with E-state index in [0.29, 0.717) is 25.4 Å². The minimum Gasteiger partial charge on any atom is -0.486 e. The lowest BCUT2D eigenvalue weighted by Gasteiger charge is -2.19. The van der Waals surface area contributed by atoms with Gasteiger partial charge < -0.3 is 14.8 Å². The highest BCUT2D eigenvalue weighted by Crippen LogP contribution is 2.40. The lowest BCUT2D eigenvalue weighted by Crippen LogP contribution is -2.16. The maximum absolute atomic E-state index is 12.0. The van der Waals surface area contributed by atoms with Gasteiger partial charge in [-0.25, -0.2) is 0 Å². The van der Waals surface area contributed by atoms with Gasteiger partial charge in [0.2, 0.25) is 5.91 Å². The molecule has 1 fully saturated rings. The van der Waals surface area contributed by atoms with Crippen molar-refractivity contribution in [2.45, 2.75) is 37.4 Å². The van der Waals surface area contributed by atoms with Gasteiger partial charge in [-0.1, -0.05) is 28.0 Å². The van der Waals surface area contributed by atoms with Crippen molar-refractivity contribution in [1.82, 2.24) is 0 Å². The molecule has 0 unspecified atom stereocenters. The van der Waals surface area contributed by atoms with Crippen LogP contribution in [0, 0.1) is 0 Å². The number of hydrogen-bond acceptors (Lipinski definition) is 5. The molecule has 0 aliphatic carbocycles. The van der Waals surface area contributed by atoms with Crippen LogP contribution in [0.2, 0.25) is 0 Å². The van der Waals surface area contributed by atoms with E-state index in [-0.39, 0.29) is 5.91 Å². The first-order valence-electron chi connectivity index (χ1n) is 7.79. The number of nitrogens with one attached hydrogen (secondary N) is 1. The predicted molar refractivity (Wildman–Crippen MR) is 93.0 cm³/mol. The van der Waals surface area contributed by atoms with Crippen LogP contribution in [0.5, 0.6) is 11.5 Å². The molecule has 2 aliphatic rings. The summed E-state index contributed by atoms with van der Waals surface area (Å²) in [5.74, 6) is 2.81. The molecule has 3 rings (SSSR count). The Morgan fingerprint density at radius 1 is 1.23 bits per heavy atom. The van der Waals surface area contributed by atoms with Crippen molar-refractivity contribution in [2.75, 3.05) is 24.3 Å². The predicted octanol–water partition coefficient (Wildman–Crippen LogP) is 4.11. The molecule has 120 valence electrons. The van der Waals surface area contributed by atoms with E-state index in [1.165, 1.54) is 18.6 Å². The number of carbonyl (C=O) groups is 1. The van der Waals surface area contributed by atoms with E-state index in [9.17, 15) is 4.79 Å². The van der Waals surface area contributed by atoms with E-state index in [2.05, 4.69) is 5.32 Å². The van der Waals surface area contributed by atoms with Crippen molar-refractivity contribution in [3.8, 4) is 11.5 Å². The largest absolute Gasteiger partial charge is 0.486 e. The average molecular weight is 339 g/mol. The van der Waals surface area contributed by atoms with Crippen LogP contribution in [0.4, 0.5) is 5.69 Å². The summed E-state index contributed by atoms with van der Waals surface area (Å²) in [5.41, 5.74) is 0.775. The third-order valence-electron chi connectivity index (χ3n) is 3.73. The Morgan fingerprint density at radius 3 is 2.91 bits per heavy atom. The van der Waals surface area contributed by atoms with E-state index in [0.717, 1.165) is 29.5 Å². The van der Waals surface area contributed by atoms with Gasteiger partial charge in [-0.2, -0.15) is 0 Å². The molecule has 1 saturated heterocycles. The second-order valence-electron chi connectivity index (χ2n) is 5.48. The topological polar surface area (TPSA) is 47.6 Å². The zero-order valence-corrected chi connectivity index (χ0v) is 14.1. The second-order valence-corrected chi connectivity index (χ2v) is 8.27. The highest BCUT2D eigenvalue weighted by molar-refractivity contribution is 8.77. The van der Waals surface area contributed by atoms with Gasteiger partial charge in [0.15, 0.2) is 11.5 Å². The monoisotopic (exact) mass is 339 g/mol. The summed E-state index contributed by atoms with van der Waals surface area (Å²) in [6.07, 6.45) is 5.22. The van der Waals surface area contributed by atoms with E-state index in [1.807, 2.05) is 39.8 Å². The van der Waals surface area contributed by atoms with E-state index >= 15 is 0 Å². The Kier molecular flexibility index (Phi) is 5.78. The molecule has 1 aromatic rings. The number of anilines is 1. The minimum atomic E-state index is 0.0742. The second kappa shape index (κ2) is 8.02. The van der Waals surface area contributed by atoms with Crippen LogP contribution in [-0.2, 0) is 4.79 Å². The van der Waals surface area contributed by atoms with E-state index in [1.54, 1.807) is 0 Å². The molecular weight excluding hydrogens is 318 g/mol. The minimum absolute atomic E-state index is 0.0742. The Hall–Kier alpha value is -1.01. The van der Waals surface area contributed by atoms with Crippen LogP contribution in [0.25, 0.3) is 0 Å². The van der Waals surface area contributed by atoms with E-state index < -0.39 is 0 Å². The Labute approximate surface area is 139 Å². The fraction of sp³-hybridized carbons (Fsp3) is 0.562. The fourth-order valence-corrected chi connectivity index (χ4v) is 5.59. The molecule has 6 heteroatoms. The van der Waals surface area contributed by atoms with Crippen molar-refractivity contribution in [1.29, 1.82) is 0 Å². The Morgan fingerprint density at radius 2 is 2.09 bits per heavy atom. The molecular formula is C16H21NO3S2. The number of amides is 1. The van der Waals surface area contributed by atoms with Crippen LogP contribution < -0.4 is 14.8 Å². The van der Waals surface area contributed by atoms with Gasteiger partial charge in [-0.15, -0.1) is 0 Å². The summed E-state index contributed by atoms with van der Waals surface area (Å²) in [6, 6.07) is 5.54. The molecule has 4 nitrogen and oxygen atoms in total.